The van der Waals surface area contributed by atoms with Gasteiger partial charge in [0.05, 0.1) is 19.2 Å². The molecule has 1 amide bonds. The van der Waals surface area contributed by atoms with Gasteiger partial charge in [-0.2, -0.15) is 0 Å². The lowest BCUT2D eigenvalue weighted by Crippen LogP contribution is -2.40. The summed E-state index contributed by atoms with van der Waals surface area (Å²) in [6.07, 6.45) is 3.47. The smallest absolute Gasteiger partial charge is 0.251 e. The molecular weight excluding hydrogens is 338 g/mol. The van der Waals surface area contributed by atoms with Crippen LogP contribution in [0.3, 0.4) is 0 Å². The first-order valence-corrected chi connectivity index (χ1v) is 9.69. The summed E-state index contributed by atoms with van der Waals surface area (Å²) in [6, 6.07) is 16.7. The van der Waals surface area contributed by atoms with Crippen molar-refractivity contribution in [3.63, 3.8) is 0 Å². The Kier molecular flexibility index (Phi) is 5.14. The Labute approximate surface area is 160 Å². The van der Waals surface area contributed by atoms with Crippen LogP contribution in [0, 0.1) is 0 Å². The number of nitrogens with two attached hydrogens (primary N) is 1. The minimum Gasteiger partial charge on any atom is -0.497 e. The molecule has 0 radical (unpaired) electrons. The molecule has 1 saturated carbocycles. The first kappa shape index (κ1) is 18.0. The van der Waals surface area contributed by atoms with Crippen molar-refractivity contribution in [3.05, 3.63) is 65.2 Å². The first-order valence-electron chi connectivity index (χ1n) is 9.69. The summed E-state index contributed by atoms with van der Waals surface area (Å²) >= 11 is 0. The van der Waals surface area contributed by atoms with Crippen molar-refractivity contribution in [2.45, 2.75) is 43.9 Å². The van der Waals surface area contributed by atoms with E-state index >= 15 is 0 Å². The number of ether oxygens (including phenoxy) is 1. The van der Waals surface area contributed by atoms with Crippen LogP contribution in [-0.2, 0) is 6.54 Å². The van der Waals surface area contributed by atoms with Crippen LogP contribution in [0.1, 0.15) is 46.8 Å². The molecule has 2 aromatic carbocycles. The largest absolute Gasteiger partial charge is 0.497 e. The number of carbonyl (C=O) groups excluding carboxylic acids is 1. The molecule has 5 nitrogen and oxygen atoms in total. The van der Waals surface area contributed by atoms with Crippen molar-refractivity contribution in [2.24, 2.45) is 5.73 Å². The summed E-state index contributed by atoms with van der Waals surface area (Å²) in [5.41, 5.74) is 8.57. The molecule has 4 rings (SSSR count). The van der Waals surface area contributed by atoms with Crippen molar-refractivity contribution in [3.8, 4) is 5.75 Å². The maximum Gasteiger partial charge on any atom is 0.251 e. The predicted octanol–water partition coefficient (Wildman–Crippen LogP) is 2.86. The minimum atomic E-state index is -0.0193. The van der Waals surface area contributed by atoms with Gasteiger partial charge in [-0.3, -0.25) is 9.69 Å². The van der Waals surface area contributed by atoms with Gasteiger partial charge in [-0.25, -0.2) is 0 Å². The fourth-order valence-electron chi connectivity index (χ4n) is 4.08. The van der Waals surface area contributed by atoms with Crippen LogP contribution in [0.5, 0.6) is 5.75 Å². The zero-order valence-electron chi connectivity index (χ0n) is 15.7. The van der Waals surface area contributed by atoms with E-state index in [4.69, 9.17) is 10.5 Å². The Balaban J connectivity index is 1.55. The second-order valence-electron chi connectivity index (χ2n) is 7.46. The highest BCUT2D eigenvalue weighted by Gasteiger charge is 2.43. The summed E-state index contributed by atoms with van der Waals surface area (Å²) in [7, 11) is 1.69. The Hall–Kier alpha value is -2.37. The van der Waals surface area contributed by atoms with Crippen LogP contribution in [0.15, 0.2) is 48.5 Å². The first-order chi connectivity index (χ1) is 13.2. The quantitative estimate of drug-likeness (QED) is 0.826. The molecular formula is C22H27N3O2. The third kappa shape index (κ3) is 3.84. The number of hydrogen-bond acceptors (Lipinski definition) is 4. The van der Waals surface area contributed by atoms with Crippen LogP contribution in [-0.4, -0.2) is 36.5 Å². The van der Waals surface area contributed by atoms with E-state index < -0.39 is 0 Å². The van der Waals surface area contributed by atoms with E-state index in [9.17, 15) is 4.79 Å². The van der Waals surface area contributed by atoms with Crippen LogP contribution < -0.4 is 15.8 Å². The number of amides is 1. The number of hydrogen-bond donors (Lipinski definition) is 2. The average Bonchev–Trinajstić information content (AvgIpc) is 3.48. The molecule has 1 heterocycles. The van der Waals surface area contributed by atoms with Crippen molar-refractivity contribution in [1.82, 2.24) is 10.2 Å². The second-order valence-corrected chi connectivity index (χ2v) is 7.46. The molecule has 0 bridgehead atoms. The summed E-state index contributed by atoms with van der Waals surface area (Å²) in [6.45, 7) is 1.50. The SMILES string of the molecule is COc1cccc(C2C(NC(=O)c3ccc(CN)cc3)CCN2C2CC2)c1. The lowest BCUT2D eigenvalue weighted by Gasteiger charge is -2.29. The summed E-state index contributed by atoms with van der Waals surface area (Å²) < 4.78 is 5.42. The summed E-state index contributed by atoms with van der Waals surface area (Å²) in [5, 5.41) is 3.28. The lowest BCUT2D eigenvalue weighted by molar-refractivity contribution is 0.0923. The van der Waals surface area contributed by atoms with Crippen LogP contribution in [0.2, 0.25) is 0 Å². The second kappa shape index (κ2) is 7.71. The Morgan fingerprint density at radius 2 is 1.96 bits per heavy atom. The van der Waals surface area contributed by atoms with Crippen molar-refractivity contribution >= 4 is 5.91 Å². The van der Waals surface area contributed by atoms with Gasteiger partial charge in [-0.15, -0.1) is 0 Å². The maximum atomic E-state index is 12.8. The molecule has 1 aliphatic carbocycles. The number of benzene rings is 2. The Morgan fingerprint density at radius 3 is 2.63 bits per heavy atom. The van der Waals surface area contributed by atoms with E-state index in [1.54, 1.807) is 7.11 Å². The van der Waals surface area contributed by atoms with Gasteiger partial charge in [0, 0.05) is 24.7 Å². The zero-order valence-corrected chi connectivity index (χ0v) is 15.7. The molecule has 2 aromatic rings. The highest BCUT2D eigenvalue weighted by Crippen LogP contribution is 2.41. The number of nitrogens with one attached hydrogen (secondary N) is 1. The van der Waals surface area contributed by atoms with E-state index in [2.05, 4.69) is 22.3 Å². The van der Waals surface area contributed by atoms with E-state index in [1.807, 2.05) is 36.4 Å². The van der Waals surface area contributed by atoms with Gasteiger partial charge in [0.2, 0.25) is 0 Å². The maximum absolute atomic E-state index is 12.8. The summed E-state index contributed by atoms with van der Waals surface area (Å²) in [4.78, 5) is 15.4. The van der Waals surface area contributed by atoms with Gasteiger partial charge in [-0.1, -0.05) is 24.3 Å². The molecule has 2 fully saturated rings. The van der Waals surface area contributed by atoms with Gasteiger partial charge in [0.1, 0.15) is 5.75 Å². The molecule has 1 aliphatic heterocycles. The zero-order chi connectivity index (χ0) is 18.8. The van der Waals surface area contributed by atoms with Crippen molar-refractivity contribution in [1.29, 1.82) is 0 Å². The summed E-state index contributed by atoms with van der Waals surface area (Å²) in [5.74, 6) is 0.840. The molecule has 27 heavy (non-hydrogen) atoms. The van der Waals surface area contributed by atoms with Gasteiger partial charge in [0.25, 0.3) is 5.91 Å². The lowest BCUT2D eigenvalue weighted by atomic mass is 9.99. The van der Waals surface area contributed by atoms with Crippen LogP contribution in [0.25, 0.3) is 0 Å². The standard InChI is InChI=1S/C22H27N3O2/c1-27-19-4-2-3-17(13-19)21-20(11-12-25(21)18-9-10-18)24-22(26)16-7-5-15(14-23)6-8-16/h2-8,13,18,20-21H,9-12,14,23H2,1H3,(H,24,26). The highest BCUT2D eigenvalue weighted by atomic mass is 16.5. The molecule has 5 heteroatoms. The normalized spacial score (nSPS) is 22.6. The van der Waals surface area contributed by atoms with Crippen LogP contribution >= 0.6 is 0 Å². The number of rotatable bonds is 6. The molecule has 2 unspecified atom stereocenters. The number of methoxy groups -OCH3 is 1. The predicted molar refractivity (Wildman–Crippen MR) is 106 cm³/mol. The number of nitrogens with zero attached hydrogens (tertiary/aromatic N) is 1. The topological polar surface area (TPSA) is 67.6 Å². The van der Waals surface area contributed by atoms with Crippen molar-refractivity contribution < 1.29 is 9.53 Å². The average molecular weight is 365 g/mol. The molecule has 2 atom stereocenters. The number of carbonyl (C=O) groups is 1. The third-order valence-electron chi connectivity index (χ3n) is 5.66. The molecule has 0 aromatic heterocycles. The molecule has 142 valence electrons. The molecule has 1 saturated heterocycles. The highest BCUT2D eigenvalue weighted by molar-refractivity contribution is 5.94. The van der Waals surface area contributed by atoms with Gasteiger partial charge >= 0.3 is 0 Å². The fourth-order valence-corrected chi connectivity index (χ4v) is 4.08. The minimum absolute atomic E-state index is 0.0193. The monoisotopic (exact) mass is 365 g/mol. The fraction of sp³-hybridized carbons (Fsp3) is 0.409. The number of likely N-dealkylation sites (tertiary alicyclic amines) is 1. The van der Waals surface area contributed by atoms with E-state index in [1.165, 1.54) is 18.4 Å². The van der Waals surface area contributed by atoms with E-state index in [0.717, 1.165) is 24.3 Å². The molecule has 3 N–H and O–H groups in total. The van der Waals surface area contributed by atoms with E-state index in [-0.39, 0.29) is 18.0 Å². The van der Waals surface area contributed by atoms with Crippen molar-refractivity contribution in [2.75, 3.05) is 13.7 Å². The Bertz CT molecular complexity index is 801. The molecule has 2 aliphatic rings. The van der Waals surface area contributed by atoms with Gasteiger partial charge in [-0.05, 0) is 54.7 Å². The third-order valence-corrected chi connectivity index (χ3v) is 5.66. The molecule has 0 spiro atoms. The Morgan fingerprint density at radius 1 is 1.19 bits per heavy atom. The van der Waals surface area contributed by atoms with E-state index in [0.29, 0.717) is 18.2 Å². The van der Waals surface area contributed by atoms with Gasteiger partial charge in [0.15, 0.2) is 0 Å². The van der Waals surface area contributed by atoms with Crippen LogP contribution in [0.4, 0.5) is 0 Å². The van der Waals surface area contributed by atoms with Gasteiger partial charge < -0.3 is 15.8 Å².